The van der Waals surface area contributed by atoms with Gasteiger partial charge in [0, 0.05) is 24.1 Å². The fraction of sp³-hybridized carbons (Fsp3) is 0.543. The molecule has 1 aromatic carbocycles. The van der Waals surface area contributed by atoms with Gasteiger partial charge in [0.1, 0.15) is 31.4 Å². The van der Waals surface area contributed by atoms with Crippen LogP contribution in [0, 0.1) is 11.3 Å². The van der Waals surface area contributed by atoms with Gasteiger partial charge in [-0.25, -0.2) is 24.4 Å². The summed E-state index contributed by atoms with van der Waals surface area (Å²) in [7, 11) is -1.62. The number of anilines is 1. The molecule has 2 aromatic heterocycles. The molecule has 5 atom stereocenters. The van der Waals surface area contributed by atoms with Crippen LogP contribution in [0.1, 0.15) is 89.2 Å². The Hall–Kier alpha value is -3.99. The van der Waals surface area contributed by atoms with Gasteiger partial charge >= 0.3 is 6.16 Å². The zero-order chi connectivity index (χ0) is 35.5. The minimum Gasteiger partial charge on any atom is -0.431 e. The van der Waals surface area contributed by atoms with E-state index in [1.165, 1.54) is 6.33 Å². The van der Waals surface area contributed by atoms with Crippen LogP contribution >= 0.6 is 8.53 Å². The third kappa shape index (κ3) is 9.83. The maximum absolute atomic E-state index is 12.9. The number of nitrogens with zero attached hydrogens (tertiary/aromatic N) is 6. The molecule has 5 rings (SSSR count). The van der Waals surface area contributed by atoms with E-state index in [-0.39, 0.29) is 49.5 Å². The molecule has 268 valence electrons. The molecule has 0 spiro atoms. The molecule has 2 aliphatic rings. The molecule has 3 aromatic rings. The van der Waals surface area contributed by atoms with Crippen molar-refractivity contribution in [2.75, 3.05) is 18.5 Å². The summed E-state index contributed by atoms with van der Waals surface area (Å²) in [5, 5.41) is 12.0. The van der Waals surface area contributed by atoms with Crippen molar-refractivity contribution in [2.45, 2.75) is 109 Å². The summed E-state index contributed by atoms with van der Waals surface area (Å²) in [6.45, 7) is 8.33. The van der Waals surface area contributed by atoms with Crippen molar-refractivity contribution in [1.29, 1.82) is 5.26 Å². The predicted octanol–water partition coefficient (Wildman–Crippen LogP) is 7.07. The third-order valence-electron chi connectivity index (χ3n) is 8.33. The highest BCUT2D eigenvalue weighted by Gasteiger charge is 2.42. The molecule has 2 unspecified atom stereocenters. The van der Waals surface area contributed by atoms with Crippen molar-refractivity contribution in [3.05, 3.63) is 60.7 Å². The first-order valence-electron chi connectivity index (χ1n) is 17.2. The number of aromatic nitrogens is 4. The molecule has 1 aliphatic carbocycles. The molecule has 1 N–H and O–H groups in total. The van der Waals surface area contributed by atoms with E-state index in [2.05, 4.69) is 58.7 Å². The van der Waals surface area contributed by atoms with Crippen molar-refractivity contribution in [3.63, 3.8) is 0 Å². The molecule has 3 heterocycles. The van der Waals surface area contributed by atoms with Gasteiger partial charge < -0.3 is 28.6 Å². The number of fused-ring (bicyclic) bond motifs is 1. The normalized spacial score (nSPS) is 22.2. The van der Waals surface area contributed by atoms with Crippen LogP contribution < -0.4 is 5.32 Å². The minimum absolute atomic E-state index is 0.0848. The number of benzene rings is 1. The van der Waals surface area contributed by atoms with Crippen LogP contribution in [-0.4, -0.2) is 79.9 Å². The second-order valence-electron chi connectivity index (χ2n) is 12.7. The van der Waals surface area contributed by atoms with Crippen LogP contribution in [0.3, 0.4) is 0 Å². The lowest BCUT2D eigenvalue weighted by Gasteiger charge is -2.37. The van der Waals surface area contributed by atoms with Crippen LogP contribution in [0.4, 0.5) is 10.6 Å². The number of amides is 1. The van der Waals surface area contributed by atoms with Crippen LogP contribution in [0.5, 0.6) is 0 Å². The highest BCUT2D eigenvalue weighted by molar-refractivity contribution is 7.44. The van der Waals surface area contributed by atoms with Gasteiger partial charge in [-0.05, 0) is 71.6 Å². The van der Waals surface area contributed by atoms with Crippen LogP contribution in [0.25, 0.3) is 11.2 Å². The lowest BCUT2D eigenvalue weighted by Crippen LogP contribution is -2.37. The summed E-state index contributed by atoms with van der Waals surface area (Å²) >= 11 is 0. The number of hydrogen-bond acceptors (Lipinski definition) is 12. The highest BCUT2D eigenvalue weighted by atomic mass is 31.2. The SMILES string of the molecule is CC(C)N(C(C)C)P(OCCC#N)O[C@H]1C[C@H](n2cnc3c(NC(=O)c4ccccc4)ncnc32)O[C@@H]1COC(=O)OC1/C=C/CCCCC1. The summed E-state index contributed by atoms with van der Waals surface area (Å²) in [6.07, 6.45) is 9.39. The first kappa shape index (κ1) is 37.3. The van der Waals surface area contributed by atoms with E-state index in [1.54, 1.807) is 35.2 Å². The summed E-state index contributed by atoms with van der Waals surface area (Å²) in [4.78, 5) is 39.0. The Bertz CT molecular complexity index is 1620. The van der Waals surface area contributed by atoms with Gasteiger partial charge in [-0.15, -0.1) is 0 Å². The molecule has 50 heavy (non-hydrogen) atoms. The van der Waals surface area contributed by atoms with Gasteiger partial charge in [0.25, 0.3) is 14.4 Å². The predicted molar refractivity (Wildman–Crippen MR) is 187 cm³/mol. The van der Waals surface area contributed by atoms with E-state index in [0.717, 1.165) is 32.1 Å². The number of rotatable bonds is 14. The maximum atomic E-state index is 12.9. The van der Waals surface area contributed by atoms with E-state index in [9.17, 15) is 14.9 Å². The van der Waals surface area contributed by atoms with Gasteiger partial charge in [0.2, 0.25) is 0 Å². The number of nitrogens with one attached hydrogen (secondary N) is 1. The Labute approximate surface area is 294 Å². The third-order valence-corrected chi connectivity index (χ3v) is 10.5. The van der Waals surface area contributed by atoms with E-state index >= 15 is 0 Å². The van der Waals surface area contributed by atoms with Crippen molar-refractivity contribution in [2.24, 2.45) is 0 Å². The zero-order valence-electron chi connectivity index (χ0n) is 29.0. The first-order chi connectivity index (χ1) is 24.2. The minimum atomic E-state index is -1.62. The molecule has 0 saturated carbocycles. The van der Waals surface area contributed by atoms with Crippen molar-refractivity contribution >= 4 is 37.6 Å². The second-order valence-corrected chi connectivity index (χ2v) is 14.1. The molecule has 1 saturated heterocycles. The molecular formula is C35H46N7O7P. The lowest BCUT2D eigenvalue weighted by atomic mass is 10.0. The molecule has 0 radical (unpaired) electrons. The number of hydrogen-bond donors (Lipinski definition) is 1. The van der Waals surface area contributed by atoms with Crippen LogP contribution in [0.2, 0.25) is 0 Å². The average molecular weight is 708 g/mol. The number of nitriles is 1. The molecule has 1 amide bonds. The van der Waals surface area contributed by atoms with Gasteiger partial charge in [0.15, 0.2) is 17.0 Å². The largest absolute Gasteiger partial charge is 0.508 e. The van der Waals surface area contributed by atoms with Crippen molar-refractivity contribution in [3.8, 4) is 6.07 Å². The fourth-order valence-electron chi connectivity index (χ4n) is 6.00. The molecule has 1 fully saturated rings. The Morgan fingerprint density at radius 2 is 1.92 bits per heavy atom. The molecule has 0 bridgehead atoms. The van der Waals surface area contributed by atoms with Crippen molar-refractivity contribution < 1.29 is 32.8 Å². The van der Waals surface area contributed by atoms with Crippen LogP contribution in [0.15, 0.2) is 55.1 Å². The summed E-state index contributed by atoms with van der Waals surface area (Å²) in [6, 6.07) is 11.1. The quantitative estimate of drug-likeness (QED) is 0.0786. The molecule has 1 aliphatic heterocycles. The van der Waals surface area contributed by atoms with Crippen molar-refractivity contribution in [1.82, 2.24) is 24.2 Å². The standard InChI is InChI=1S/C35H46N7O7P/c1-24(2)42(25(3)4)50(46-19-13-18-36)49-28-20-30(48-29(28)21-45-35(44)47-27-16-11-6-5-7-12-17-27)41-23-39-31-32(37-22-38-33(31)41)40-34(43)26-14-9-8-10-15-26/h8-11,14-16,22-25,27-30H,5-7,12-13,17,19-21H2,1-4H3,(H,37,38,40,43)/b16-11+/t27?,28-,29+,30+,50?/m0/s1. The summed E-state index contributed by atoms with van der Waals surface area (Å²) in [5.74, 6) is -0.0624. The van der Waals surface area contributed by atoms with E-state index in [1.807, 2.05) is 18.2 Å². The van der Waals surface area contributed by atoms with Gasteiger partial charge in [0.05, 0.1) is 31.5 Å². The number of ether oxygens (including phenoxy) is 3. The van der Waals surface area contributed by atoms with E-state index < -0.39 is 33.1 Å². The number of allylic oxidation sites excluding steroid dienone is 1. The Morgan fingerprint density at radius 3 is 2.68 bits per heavy atom. The molecular weight excluding hydrogens is 661 g/mol. The zero-order valence-corrected chi connectivity index (χ0v) is 29.9. The number of carbonyl (C=O) groups is 2. The Kier molecular flexibility index (Phi) is 13.6. The van der Waals surface area contributed by atoms with E-state index in [4.69, 9.17) is 23.3 Å². The number of carbonyl (C=O) groups excluding carboxylic acids is 2. The fourth-order valence-corrected chi connectivity index (χ4v) is 7.76. The van der Waals surface area contributed by atoms with Crippen LogP contribution in [-0.2, 0) is 23.3 Å². The Morgan fingerprint density at radius 1 is 1.12 bits per heavy atom. The summed E-state index contributed by atoms with van der Waals surface area (Å²) < 4.78 is 34.5. The molecule has 15 heteroatoms. The topological polar surface area (TPSA) is 163 Å². The van der Waals surface area contributed by atoms with Gasteiger partial charge in [-0.1, -0.05) is 30.7 Å². The number of imidazole rings is 1. The Balaban J connectivity index is 1.36. The maximum Gasteiger partial charge on any atom is 0.508 e. The lowest BCUT2D eigenvalue weighted by molar-refractivity contribution is -0.0576. The first-order valence-corrected chi connectivity index (χ1v) is 18.3. The van der Waals surface area contributed by atoms with Gasteiger partial charge in [-0.3, -0.25) is 9.36 Å². The highest BCUT2D eigenvalue weighted by Crippen LogP contribution is 2.50. The average Bonchev–Trinajstić information content (AvgIpc) is 3.69. The smallest absolute Gasteiger partial charge is 0.431 e. The molecule has 14 nitrogen and oxygen atoms in total. The van der Waals surface area contributed by atoms with E-state index in [0.29, 0.717) is 23.1 Å². The van der Waals surface area contributed by atoms with Gasteiger partial charge in [-0.2, -0.15) is 5.26 Å². The second kappa shape index (κ2) is 18.3. The monoisotopic (exact) mass is 707 g/mol. The summed E-state index contributed by atoms with van der Waals surface area (Å²) in [5.41, 5.74) is 1.32.